The van der Waals surface area contributed by atoms with Crippen LogP contribution in [0.15, 0.2) is 36.5 Å². The second-order valence-electron chi connectivity index (χ2n) is 4.48. The number of nitrogens with zero attached hydrogens (tertiary/aromatic N) is 1. The fourth-order valence-electron chi connectivity index (χ4n) is 1.82. The van der Waals surface area contributed by atoms with E-state index in [1.54, 1.807) is 0 Å². The maximum atomic E-state index is 6.43. The summed E-state index contributed by atoms with van der Waals surface area (Å²) in [5.74, 6) is 0. The summed E-state index contributed by atoms with van der Waals surface area (Å²) in [7, 11) is 0. The summed E-state index contributed by atoms with van der Waals surface area (Å²) in [6.07, 6.45) is 2.54. The van der Waals surface area contributed by atoms with Gasteiger partial charge in [-0.15, -0.1) is 11.6 Å². The number of aromatic nitrogens is 1. The molecule has 1 aromatic heterocycles. The van der Waals surface area contributed by atoms with Gasteiger partial charge in [0.15, 0.2) is 0 Å². The van der Waals surface area contributed by atoms with Crippen LogP contribution in [0.5, 0.6) is 0 Å². The lowest BCUT2D eigenvalue weighted by Gasteiger charge is -2.12. The summed E-state index contributed by atoms with van der Waals surface area (Å²) >= 11 is 12.7. The highest BCUT2D eigenvalue weighted by molar-refractivity contribution is 6.33. The summed E-state index contributed by atoms with van der Waals surface area (Å²) in [5, 5.41) is 0.609. The largest absolute Gasteiger partial charge is 0.261 e. The van der Waals surface area contributed by atoms with Gasteiger partial charge in [-0.25, -0.2) is 0 Å². The van der Waals surface area contributed by atoms with E-state index in [1.807, 2.05) is 50.4 Å². The van der Waals surface area contributed by atoms with Gasteiger partial charge >= 0.3 is 0 Å². The van der Waals surface area contributed by atoms with Crippen molar-refractivity contribution < 1.29 is 0 Å². The van der Waals surface area contributed by atoms with Gasteiger partial charge in [-0.1, -0.05) is 35.9 Å². The fourth-order valence-corrected chi connectivity index (χ4v) is 2.48. The normalized spacial score (nSPS) is 12.4. The van der Waals surface area contributed by atoms with Crippen molar-refractivity contribution in [1.82, 2.24) is 4.98 Å². The highest BCUT2D eigenvalue weighted by atomic mass is 35.5. The molecule has 18 heavy (non-hydrogen) atoms. The Morgan fingerprint density at radius 3 is 2.61 bits per heavy atom. The molecule has 1 aromatic carbocycles. The van der Waals surface area contributed by atoms with Crippen molar-refractivity contribution in [2.45, 2.75) is 25.6 Å². The lowest BCUT2D eigenvalue weighted by atomic mass is 10.0. The molecule has 1 heterocycles. The van der Waals surface area contributed by atoms with E-state index in [1.165, 1.54) is 0 Å². The Kier molecular flexibility index (Phi) is 4.26. The zero-order chi connectivity index (χ0) is 13.1. The number of aryl methyl sites for hydroxylation is 2. The van der Waals surface area contributed by atoms with Crippen LogP contribution in [0.2, 0.25) is 5.02 Å². The Balaban J connectivity index is 2.19. The predicted octanol–water partition coefficient (Wildman–Crippen LogP) is 4.87. The average Bonchev–Trinajstić information content (AvgIpc) is 2.35. The zero-order valence-corrected chi connectivity index (χ0v) is 12.0. The molecular weight excluding hydrogens is 265 g/mol. The van der Waals surface area contributed by atoms with Crippen LogP contribution >= 0.6 is 23.2 Å². The molecule has 0 saturated carbocycles. The minimum atomic E-state index is -0.146. The standard InChI is InChI=1S/C15H15Cl2N/c1-10-6-7-12(18-9-10)8-14(16)13-5-3-4-11(2)15(13)17/h3-7,9,14H,8H2,1-2H3. The van der Waals surface area contributed by atoms with E-state index in [4.69, 9.17) is 23.2 Å². The lowest BCUT2D eigenvalue weighted by Crippen LogP contribution is -1.99. The Morgan fingerprint density at radius 1 is 1.17 bits per heavy atom. The molecule has 0 bridgehead atoms. The van der Waals surface area contributed by atoms with Crippen molar-refractivity contribution >= 4 is 23.2 Å². The zero-order valence-electron chi connectivity index (χ0n) is 10.5. The Morgan fingerprint density at radius 2 is 1.94 bits per heavy atom. The van der Waals surface area contributed by atoms with Gasteiger partial charge in [0.1, 0.15) is 0 Å². The maximum Gasteiger partial charge on any atom is 0.0655 e. The summed E-state index contributed by atoms with van der Waals surface area (Å²) in [6.45, 7) is 4.01. The van der Waals surface area contributed by atoms with Gasteiger partial charge in [-0.2, -0.15) is 0 Å². The highest BCUT2D eigenvalue weighted by Crippen LogP contribution is 2.32. The van der Waals surface area contributed by atoms with Crippen molar-refractivity contribution in [1.29, 1.82) is 0 Å². The quantitative estimate of drug-likeness (QED) is 0.730. The van der Waals surface area contributed by atoms with Gasteiger partial charge in [0.2, 0.25) is 0 Å². The van der Waals surface area contributed by atoms with Crippen LogP contribution in [0.3, 0.4) is 0 Å². The topological polar surface area (TPSA) is 12.9 Å². The van der Waals surface area contributed by atoms with E-state index < -0.39 is 0 Å². The minimum Gasteiger partial charge on any atom is -0.261 e. The Labute approximate surface area is 118 Å². The molecule has 1 atom stereocenters. The van der Waals surface area contributed by atoms with E-state index in [-0.39, 0.29) is 5.38 Å². The molecule has 0 spiro atoms. The van der Waals surface area contributed by atoms with E-state index in [0.717, 1.165) is 27.4 Å². The molecule has 0 aliphatic heterocycles. The van der Waals surface area contributed by atoms with Gasteiger partial charge in [-0.05, 0) is 36.6 Å². The summed E-state index contributed by atoms with van der Waals surface area (Å²) in [6, 6.07) is 9.99. The molecule has 0 N–H and O–H groups in total. The van der Waals surface area contributed by atoms with Crippen LogP contribution in [0.4, 0.5) is 0 Å². The van der Waals surface area contributed by atoms with Crippen molar-refractivity contribution in [2.24, 2.45) is 0 Å². The molecule has 1 nitrogen and oxygen atoms in total. The van der Waals surface area contributed by atoms with Crippen LogP contribution in [0, 0.1) is 13.8 Å². The molecule has 0 saturated heterocycles. The average molecular weight is 280 g/mol. The van der Waals surface area contributed by atoms with Crippen molar-refractivity contribution in [3.05, 3.63) is 63.9 Å². The molecule has 0 aliphatic rings. The van der Waals surface area contributed by atoms with E-state index in [2.05, 4.69) is 4.98 Å². The molecule has 2 aromatic rings. The van der Waals surface area contributed by atoms with E-state index >= 15 is 0 Å². The first kappa shape index (κ1) is 13.4. The SMILES string of the molecule is Cc1ccc(CC(Cl)c2cccc(C)c2Cl)nc1. The van der Waals surface area contributed by atoms with Crippen molar-refractivity contribution in [3.63, 3.8) is 0 Å². The predicted molar refractivity (Wildman–Crippen MR) is 77.5 cm³/mol. The van der Waals surface area contributed by atoms with E-state index in [9.17, 15) is 0 Å². The van der Waals surface area contributed by atoms with Crippen LogP contribution in [-0.2, 0) is 6.42 Å². The second kappa shape index (κ2) is 5.73. The number of halogens is 2. The van der Waals surface area contributed by atoms with Crippen LogP contribution in [0.1, 0.15) is 27.8 Å². The summed E-state index contributed by atoms with van der Waals surface area (Å²) < 4.78 is 0. The van der Waals surface area contributed by atoms with Crippen molar-refractivity contribution in [3.8, 4) is 0 Å². The van der Waals surface area contributed by atoms with Crippen LogP contribution < -0.4 is 0 Å². The smallest absolute Gasteiger partial charge is 0.0655 e. The molecule has 0 fully saturated rings. The summed E-state index contributed by atoms with van der Waals surface area (Å²) in [4.78, 5) is 4.37. The number of pyridine rings is 1. The number of benzene rings is 1. The van der Waals surface area contributed by atoms with Crippen LogP contribution in [0.25, 0.3) is 0 Å². The molecular formula is C15H15Cl2N. The number of hydrogen-bond acceptors (Lipinski definition) is 1. The molecule has 3 heteroatoms. The monoisotopic (exact) mass is 279 g/mol. The van der Waals surface area contributed by atoms with Gasteiger partial charge in [-0.3, -0.25) is 4.98 Å². The third-order valence-electron chi connectivity index (χ3n) is 2.92. The Hall–Kier alpha value is -1.05. The first-order valence-corrected chi connectivity index (χ1v) is 6.70. The molecule has 94 valence electrons. The van der Waals surface area contributed by atoms with Gasteiger partial charge < -0.3 is 0 Å². The first-order chi connectivity index (χ1) is 8.58. The second-order valence-corrected chi connectivity index (χ2v) is 5.38. The third kappa shape index (κ3) is 3.04. The van der Waals surface area contributed by atoms with Gasteiger partial charge in [0.05, 0.1) is 5.38 Å². The lowest BCUT2D eigenvalue weighted by molar-refractivity contribution is 0.878. The number of hydrogen-bond donors (Lipinski definition) is 0. The number of rotatable bonds is 3. The van der Waals surface area contributed by atoms with E-state index in [0.29, 0.717) is 6.42 Å². The number of alkyl halides is 1. The third-order valence-corrected chi connectivity index (χ3v) is 3.83. The van der Waals surface area contributed by atoms with Crippen LogP contribution in [-0.4, -0.2) is 4.98 Å². The van der Waals surface area contributed by atoms with Crippen molar-refractivity contribution in [2.75, 3.05) is 0 Å². The highest BCUT2D eigenvalue weighted by Gasteiger charge is 2.14. The molecule has 0 aliphatic carbocycles. The molecule has 0 amide bonds. The summed E-state index contributed by atoms with van der Waals surface area (Å²) in [5.41, 5.74) is 4.16. The Bertz CT molecular complexity index is 535. The van der Waals surface area contributed by atoms with Gasteiger partial charge in [0.25, 0.3) is 0 Å². The first-order valence-electron chi connectivity index (χ1n) is 5.88. The molecule has 1 unspecified atom stereocenters. The fraction of sp³-hybridized carbons (Fsp3) is 0.267. The van der Waals surface area contributed by atoms with Gasteiger partial charge in [0, 0.05) is 23.3 Å². The molecule has 0 radical (unpaired) electrons. The minimum absolute atomic E-state index is 0.146. The molecule has 2 rings (SSSR count). The maximum absolute atomic E-state index is 6.43.